The van der Waals surface area contributed by atoms with Crippen LogP contribution in [0.3, 0.4) is 0 Å². The molecule has 2 aromatic carbocycles. The van der Waals surface area contributed by atoms with Crippen LogP contribution in [0.5, 0.6) is 11.5 Å². The van der Waals surface area contributed by atoms with Gasteiger partial charge in [0.1, 0.15) is 11.5 Å². The third-order valence-electron chi connectivity index (χ3n) is 2.61. The Morgan fingerprint density at radius 1 is 1.10 bits per heavy atom. The van der Waals surface area contributed by atoms with Crippen LogP contribution < -0.4 is 10.1 Å². The van der Waals surface area contributed by atoms with E-state index in [9.17, 15) is 18.3 Å². The SMILES string of the molecule is Oc1ccc(Cl)cc1CNc1ccc(OC(F)(F)F)cc1. The van der Waals surface area contributed by atoms with E-state index in [1.54, 1.807) is 12.1 Å². The Bertz CT molecular complexity index is 615. The minimum absolute atomic E-state index is 0.0870. The summed E-state index contributed by atoms with van der Waals surface area (Å²) in [6.45, 7) is 0.284. The number of alkyl halides is 3. The Morgan fingerprint density at radius 3 is 2.38 bits per heavy atom. The summed E-state index contributed by atoms with van der Waals surface area (Å²) in [4.78, 5) is 0. The molecule has 0 aliphatic heterocycles. The van der Waals surface area contributed by atoms with Gasteiger partial charge in [0.15, 0.2) is 0 Å². The number of phenols is 1. The van der Waals surface area contributed by atoms with Crippen molar-refractivity contribution in [3.8, 4) is 11.5 Å². The van der Waals surface area contributed by atoms with Crippen molar-refractivity contribution in [2.75, 3.05) is 5.32 Å². The molecule has 0 saturated heterocycles. The first kappa shape index (κ1) is 15.3. The zero-order valence-electron chi connectivity index (χ0n) is 10.6. The third kappa shape index (κ3) is 4.75. The molecule has 0 fully saturated rings. The number of benzene rings is 2. The van der Waals surface area contributed by atoms with Crippen LogP contribution in [-0.4, -0.2) is 11.5 Å². The second-order valence-corrected chi connectivity index (χ2v) is 4.64. The van der Waals surface area contributed by atoms with Crippen molar-refractivity contribution < 1.29 is 23.0 Å². The van der Waals surface area contributed by atoms with Gasteiger partial charge in [-0.1, -0.05) is 11.6 Å². The average molecular weight is 318 g/mol. The van der Waals surface area contributed by atoms with Gasteiger partial charge in [0, 0.05) is 22.8 Å². The van der Waals surface area contributed by atoms with Crippen LogP contribution in [0.4, 0.5) is 18.9 Å². The molecule has 0 aliphatic carbocycles. The Labute approximate surface area is 123 Å². The molecule has 0 saturated carbocycles. The van der Waals surface area contributed by atoms with Gasteiger partial charge in [-0.15, -0.1) is 13.2 Å². The summed E-state index contributed by atoms with van der Waals surface area (Å²) in [6, 6.07) is 9.93. The fourth-order valence-corrected chi connectivity index (χ4v) is 1.86. The minimum atomic E-state index is -4.71. The smallest absolute Gasteiger partial charge is 0.508 e. The second kappa shape index (κ2) is 6.13. The van der Waals surface area contributed by atoms with E-state index < -0.39 is 6.36 Å². The molecule has 112 valence electrons. The average Bonchev–Trinajstić information content (AvgIpc) is 2.40. The molecular formula is C14H11ClF3NO2. The molecule has 2 rings (SSSR count). The van der Waals surface area contributed by atoms with Crippen LogP contribution in [0.15, 0.2) is 42.5 Å². The maximum atomic E-state index is 12.0. The van der Waals surface area contributed by atoms with Gasteiger partial charge >= 0.3 is 6.36 Å². The highest BCUT2D eigenvalue weighted by atomic mass is 35.5. The quantitative estimate of drug-likeness (QED) is 0.869. The maximum Gasteiger partial charge on any atom is 0.573 e. The third-order valence-corrected chi connectivity index (χ3v) is 2.85. The predicted molar refractivity (Wildman–Crippen MR) is 73.6 cm³/mol. The van der Waals surface area contributed by atoms with Crippen LogP contribution in [0.2, 0.25) is 5.02 Å². The fraction of sp³-hybridized carbons (Fsp3) is 0.143. The van der Waals surface area contributed by atoms with Crippen LogP contribution in [0.1, 0.15) is 5.56 Å². The first-order valence-corrected chi connectivity index (χ1v) is 6.28. The minimum Gasteiger partial charge on any atom is -0.508 e. The van der Waals surface area contributed by atoms with Crippen molar-refractivity contribution in [1.82, 2.24) is 0 Å². The molecule has 21 heavy (non-hydrogen) atoms. The predicted octanol–water partition coefficient (Wildman–Crippen LogP) is 4.56. The number of ether oxygens (including phenoxy) is 1. The van der Waals surface area contributed by atoms with Gasteiger partial charge in [-0.05, 0) is 42.5 Å². The lowest BCUT2D eigenvalue weighted by atomic mass is 10.2. The Balaban J connectivity index is 1.99. The zero-order valence-corrected chi connectivity index (χ0v) is 11.4. The van der Waals surface area contributed by atoms with Gasteiger partial charge in [0.05, 0.1) is 0 Å². The van der Waals surface area contributed by atoms with Crippen LogP contribution in [0.25, 0.3) is 0 Å². The van der Waals surface area contributed by atoms with Crippen molar-refractivity contribution in [3.63, 3.8) is 0 Å². The van der Waals surface area contributed by atoms with Gasteiger partial charge in [-0.25, -0.2) is 0 Å². The van der Waals surface area contributed by atoms with E-state index in [0.29, 0.717) is 16.3 Å². The van der Waals surface area contributed by atoms with E-state index in [2.05, 4.69) is 10.1 Å². The number of hydrogen-bond donors (Lipinski definition) is 2. The van der Waals surface area contributed by atoms with Crippen molar-refractivity contribution >= 4 is 17.3 Å². The highest BCUT2D eigenvalue weighted by Gasteiger charge is 2.30. The Morgan fingerprint density at radius 2 is 1.76 bits per heavy atom. The summed E-state index contributed by atoms with van der Waals surface area (Å²) >= 11 is 5.82. The van der Waals surface area contributed by atoms with Crippen LogP contribution in [0, 0.1) is 0 Å². The number of aromatic hydroxyl groups is 1. The lowest BCUT2D eigenvalue weighted by molar-refractivity contribution is -0.274. The molecule has 0 unspecified atom stereocenters. The van der Waals surface area contributed by atoms with Crippen molar-refractivity contribution in [2.24, 2.45) is 0 Å². The van der Waals surface area contributed by atoms with Crippen molar-refractivity contribution in [3.05, 3.63) is 53.1 Å². The highest BCUT2D eigenvalue weighted by molar-refractivity contribution is 6.30. The number of halogens is 4. The van der Waals surface area contributed by atoms with Gasteiger partial charge in [-0.2, -0.15) is 0 Å². The standard InChI is InChI=1S/C14H11ClF3NO2/c15-10-1-6-13(20)9(7-10)8-19-11-2-4-12(5-3-11)21-14(16,17)18/h1-7,19-20H,8H2. The molecular weight excluding hydrogens is 307 g/mol. The topological polar surface area (TPSA) is 41.5 Å². The normalized spacial score (nSPS) is 11.2. The van der Waals surface area contributed by atoms with E-state index in [1.807, 2.05) is 0 Å². The van der Waals surface area contributed by atoms with E-state index in [4.69, 9.17) is 11.6 Å². The molecule has 0 radical (unpaired) electrons. The second-order valence-electron chi connectivity index (χ2n) is 4.20. The molecule has 0 amide bonds. The molecule has 2 aromatic rings. The van der Waals surface area contributed by atoms with Gasteiger partial charge in [-0.3, -0.25) is 0 Å². The summed E-state index contributed by atoms with van der Waals surface area (Å²) in [6.07, 6.45) is -4.71. The van der Waals surface area contributed by atoms with E-state index in [1.165, 1.54) is 30.3 Å². The summed E-state index contributed by atoms with van der Waals surface area (Å²) in [5.74, 6) is -0.206. The summed E-state index contributed by atoms with van der Waals surface area (Å²) in [7, 11) is 0. The number of anilines is 1. The molecule has 0 aromatic heterocycles. The van der Waals surface area contributed by atoms with Gasteiger partial charge in [0.2, 0.25) is 0 Å². The van der Waals surface area contributed by atoms with Crippen LogP contribution >= 0.6 is 11.6 Å². The molecule has 0 bridgehead atoms. The maximum absolute atomic E-state index is 12.0. The summed E-state index contributed by atoms with van der Waals surface area (Å²) < 4.78 is 39.8. The molecule has 0 atom stereocenters. The molecule has 0 spiro atoms. The largest absolute Gasteiger partial charge is 0.573 e. The lowest BCUT2D eigenvalue weighted by Gasteiger charge is -2.11. The fourth-order valence-electron chi connectivity index (χ4n) is 1.67. The summed E-state index contributed by atoms with van der Waals surface area (Å²) in [5, 5.41) is 13.1. The summed E-state index contributed by atoms with van der Waals surface area (Å²) in [5.41, 5.74) is 1.17. The molecule has 7 heteroatoms. The van der Waals surface area contributed by atoms with Gasteiger partial charge < -0.3 is 15.2 Å². The first-order valence-electron chi connectivity index (χ1n) is 5.90. The van der Waals surface area contributed by atoms with E-state index in [0.717, 1.165) is 0 Å². The van der Waals surface area contributed by atoms with Crippen molar-refractivity contribution in [1.29, 1.82) is 0 Å². The lowest BCUT2D eigenvalue weighted by Crippen LogP contribution is -2.17. The number of nitrogens with one attached hydrogen (secondary N) is 1. The van der Waals surface area contributed by atoms with E-state index in [-0.39, 0.29) is 18.0 Å². The number of rotatable bonds is 4. The van der Waals surface area contributed by atoms with E-state index >= 15 is 0 Å². The Kier molecular flexibility index (Phi) is 4.47. The first-order chi connectivity index (χ1) is 9.83. The molecule has 3 nitrogen and oxygen atoms in total. The molecule has 2 N–H and O–H groups in total. The van der Waals surface area contributed by atoms with Crippen molar-refractivity contribution in [2.45, 2.75) is 12.9 Å². The monoisotopic (exact) mass is 317 g/mol. The number of hydrogen-bond acceptors (Lipinski definition) is 3. The molecule has 0 heterocycles. The highest BCUT2D eigenvalue weighted by Crippen LogP contribution is 2.25. The molecule has 0 aliphatic rings. The Hall–Kier alpha value is -2.08. The number of phenolic OH excluding ortho intramolecular Hbond substituents is 1. The van der Waals surface area contributed by atoms with Gasteiger partial charge in [0.25, 0.3) is 0 Å². The van der Waals surface area contributed by atoms with Crippen LogP contribution in [-0.2, 0) is 6.54 Å². The zero-order chi connectivity index (χ0) is 15.5.